The SMILES string of the molecule is O=c1[nH]c(-c2ccc(-c3noc(COc4ccc(F)cc4)n3)cc2)nc2ccccc12. The van der Waals surface area contributed by atoms with Gasteiger partial charge in [0, 0.05) is 11.1 Å². The Balaban J connectivity index is 1.33. The van der Waals surface area contributed by atoms with E-state index in [0.29, 0.717) is 34.2 Å². The molecule has 0 aliphatic carbocycles. The highest BCUT2D eigenvalue weighted by Crippen LogP contribution is 2.22. The van der Waals surface area contributed by atoms with E-state index in [1.54, 1.807) is 18.2 Å². The number of hydrogen-bond acceptors (Lipinski definition) is 6. The van der Waals surface area contributed by atoms with Crippen LogP contribution in [0.25, 0.3) is 33.7 Å². The van der Waals surface area contributed by atoms with Crippen molar-refractivity contribution in [2.75, 3.05) is 0 Å². The van der Waals surface area contributed by atoms with Crippen molar-refractivity contribution in [3.05, 3.63) is 94.9 Å². The Labute approximate surface area is 175 Å². The molecule has 0 aliphatic heterocycles. The Morgan fingerprint density at radius 3 is 2.45 bits per heavy atom. The van der Waals surface area contributed by atoms with Crippen molar-refractivity contribution >= 4 is 10.9 Å². The molecule has 0 fully saturated rings. The lowest BCUT2D eigenvalue weighted by Crippen LogP contribution is -2.09. The van der Waals surface area contributed by atoms with Crippen LogP contribution in [0.15, 0.2) is 82.1 Å². The highest BCUT2D eigenvalue weighted by molar-refractivity contribution is 5.79. The molecule has 0 saturated carbocycles. The number of nitrogens with one attached hydrogen (secondary N) is 1. The normalized spacial score (nSPS) is 11.0. The predicted molar refractivity (Wildman–Crippen MR) is 112 cm³/mol. The maximum Gasteiger partial charge on any atom is 0.264 e. The van der Waals surface area contributed by atoms with Crippen molar-refractivity contribution in [1.29, 1.82) is 0 Å². The number of ether oxygens (including phenoxy) is 1. The molecule has 0 radical (unpaired) electrons. The van der Waals surface area contributed by atoms with Crippen molar-refractivity contribution in [2.45, 2.75) is 6.61 Å². The van der Waals surface area contributed by atoms with Gasteiger partial charge < -0.3 is 14.2 Å². The molecule has 0 amide bonds. The van der Waals surface area contributed by atoms with E-state index in [-0.39, 0.29) is 18.0 Å². The Bertz CT molecular complexity index is 1410. The molecule has 0 spiro atoms. The van der Waals surface area contributed by atoms with E-state index in [1.807, 2.05) is 30.3 Å². The third-order valence-electron chi connectivity index (χ3n) is 4.67. The van der Waals surface area contributed by atoms with E-state index >= 15 is 0 Å². The van der Waals surface area contributed by atoms with Gasteiger partial charge in [-0.2, -0.15) is 4.98 Å². The minimum absolute atomic E-state index is 0.0684. The van der Waals surface area contributed by atoms with Crippen LogP contribution in [-0.4, -0.2) is 20.1 Å². The number of H-pyrrole nitrogens is 1. The molecule has 7 nitrogen and oxygen atoms in total. The highest BCUT2D eigenvalue weighted by Gasteiger charge is 2.11. The van der Waals surface area contributed by atoms with Crippen LogP contribution in [0.4, 0.5) is 4.39 Å². The summed E-state index contributed by atoms with van der Waals surface area (Å²) in [7, 11) is 0. The number of fused-ring (bicyclic) bond motifs is 1. The first-order valence-electron chi connectivity index (χ1n) is 9.46. The molecule has 31 heavy (non-hydrogen) atoms. The Morgan fingerprint density at radius 2 is 1.65 bits per heavy atom. The van der Waals surface area contributed by atoms with E-state index in [9.17, 15) is 9.18 Å². The average Bonchev–Trinajstić information content (AvgIpc) is 3.28. The number of halogens is 1. The summed E-state index contributed by atoms with van der Waals surface area (Å²) in [6, 6.07) is 20.2. The fourth-order valence-electron chi connectivity index (χ4n) is 3.11. The lowest BCUT2D eigenvalue weighted by molar-refractivity contribution is 0.242. The molecule has 5 aromatic rings. The van der Waals surface area contributed by atoms with Crippen LogP contribution in [0.1, 0.15) is 5.89 Å². The molecule has 0 aliphatic rings. The molecule has 0 unspecified atom stereocenters. The lowest BCUT2D eigenvalue weighted by atomic mass is 10.1. The van der Waals surface area contributed by atoms with Gasteiger partial charge in [0.25, 0.3) is 11.4 Å². The maximum atomic E-state index is 12.9. The number of aromatic amines is 1. The van der Waals surface area contributed by atoms with Crippen molar-refractivity contribution in [1.82, 2.24) is 20.1 Å². The third kappa shape index (κ3) is 3.91. The standard InChI is InChI=1S/C23H15FN4O3/c24-16-9-11-17(12-10-16)30-13-20-26-22(28-31-20)15-7-5-14(6-8-15)21-25-19-4-2-1-3-18(19)23(29)27-21/h1-12H,13H2,(H,25,27,29). The second kappa shape index (κ2) is 7.83. The van der Waals surface area contributed by atoms with Crippen LogP contribution in [0.5, 0.6) is 5.75 Å². The second-order valence-electron chi connectivity index (χ2n) is 6.76. The fraction of sp³-hybridized carbons (Fsp3) is 0.0435. The molecule has 8 heteroatoms. The number of para-hydroxylation sites is 1. The lowest BCUT2D eigenvalue weighted by Gasteiger charge is -2.04. The van der Waals surface area contributed by atoms with Gasteiger partial charge in [-0.05, 0) is 36.4 Å². The molecule has 0 atom stereocenters. The quantitative estimate of drug-likeness (QED) is 0.459. The summed E-state index contributed by atoms with van der Waals surface area (Å²) in [4.78, 5) is 23.9. The zero-order valence-corrected chi connectivity index (χ0v) is 16.1. The van der Waals surface area contributed by atoms with E-state index in [2.05, 4.69) is 20.1 Å². The average molecular weight is 414 g/mol. The van der Waals surface area contributed by atoms with Crippen LogP contribution in [0.2, 0.25) is 0 Å². The summed E-state index contributed by atoms with van der Waals surface area (Å²) in [6.45, 7) is 0.0684. The first kappa shape index (κ1) is 18.7. The van der Waals surface area contributed by atoms with Gasteiger partial charge >= 0.3 is 0 Å². The van der Waals surface area contributed by atoms with E-state index in [0.717, 1.165) is 11.1 Å². The summed E-state index contributed by atoms with van der Waals surface area (Å²) in [5.41, 5.74) is 1.95. The minimum Gasteiger partial charge on any atom is -0.484 e. The van der Waals surface area contributed by atoms with Gasteiger partial charge in [-0.1, -0.05) is 41.6 Å². The Morgan fingerprint density at radius 1 is 0.903 bits per heavy atom. The van der Waals surface area contributed by atoms with Gasteiger partial charge in [0.1, 0.15) is 17.4 Å². The molecule has 0 saturated heterocycles. The van der Waals surface area contributed by atoms with Crippen molar-refractivity contribution in [3.8, 4) is 28.5 Å². The fourth-order valence-corrected chi connectivity index (χ4v) is 3.11. The molecule has 1 N–H and O–H groups in total. The topological polar surface area (TPSA) is 93.9 Å². The first-order chi connectivity index (χ1) is 15.2. The van der Waals surface area contributed by atoms with Crippen LogP contribution in [0.3, 0.4) is 0 Å². The Kier molecular flexibility index (Phi) is 4.72. The molecular weight excluding hydrogens is 399 g/mol. The number of aromatic nitrogens is 4. The number of benzene rings is 3. The van der Waals surface area contributed by atoms with Crippen LogP contribution < -0.4 is 10.3 Å². The van der Waals surface area contributed by atoms with Crippen LogP contribution in [0, 0.1) is 5.82 Å². The van der Waals surface area contributed by atoms with Crippen LogP contribution in [-0.2, 0) is 6.61 Å². The third-order valence-corrected chi connectivity index (χ3v) is 4.67. The molecular formula is C23H15FN4O3. The van der Waals surface area contributed by atoms with Crippen molar-refractivity contribution < 1.29 is 13.7 Å². The number of rotatable bonds is 5. The summed E-state index contributed by atoms with van der Waals surface area (Å²) in [5.74, 6) is 1.35. The zero-order valence-electron chi connectivity index (χ0n) is 16.1. The summed E-state index contributed by atoms with van der Waals surface area (Å²) >= 11 is 0. The minimum atomic E-state index is -0.334. The Hall–Kier alpha value is -4.33. The monoisotopic (exact) mass is 414 g/mol. The second-order valence-corrected chi connectivity index (χ2v) is 6.76. The molecule has 0 bridgehead atoms. The van der Waals surface area contributed by atoms with Gasteiger partial charge in [0.15, 0.2) is 6.61 Å². The van der Waals surface area contributed by atoms with Crippen LogP contribution >= 0.6 is 0 Å². The first-order valence-corrected chi connectivity index (χ1v) is 9.46. The van der Waals surface area contributed by atoms with Gasteiger partial charge in [-0.15, -0.1) is 0 Å². The number of hydrogen-bond donors (Lipinski definition) is 1. The smallest absolute Gasteiger partial charge is 0.264 e. The molecule has 2 heterocycles. The number of nitrogens with zero attached hydrogens (tertiary/aromatic N) is 3. The van der Waals surface area contributed by atoms with E-state index in [4.69, 9.17) is 9.26 Å². The van der Waals surface area contributed by atoms with Gasteiger partial charge in [0.05, 0.1) is 10.9 Å². The van der Waals surface area contributed by atoms with E-state index in [1.165, 1.54) is 24.3 Å². The largest absolute Gasteiger partial charge is 0.484 e. The predicted octanol–water partition coefficient (Wildman–Crippen LogP) is 4.36. The summed E-state index contributed by atoms with van der Waals surface area (Å²) in [5, 5.41) is 4.52. The highest BCUT2D eigenvalue weighted by atomic mass is 19.1. The van der Waals surface area contributed by atoms with Gasteiger partial charge in [-0.25, -0.2) is 9.37 Å². The van der Waals surface area contributed by atoms with Crippen molar-refractivity contribution in [2.24, 2.45) is 0 Å². The van der Waals surface area contributed by atoms with Gasteiger partial charge in [-0.3, -0.25) is 4.79 Å². The molecule has 2 aromatic heterocycles. The summed E-state index contributed by atoms with van der Waals surface area (Å²) in [6.07, 6.45) is 0. The maximum absolute atomic E-state index is 12.9. The summed E-state index contributed by atoms with van der Waals surface area (Å²) < 4.78 is 23.7. The zero-order chi connectivity index (χ0) is 21.2. The molecule has 5 rings (SSSR count). The van der Waals surface area contributed by atoms with Gasteiger partial charge in [0.2, 0.25) is 5.82 Å². The molecule has 152 valence electrons. The van der Waals surface area contributed by atoms with E-state index < -0.39 is 0 Å². The van der Waals surface area contributed by atoms with Crippen molar-refractivity contribution in [3.63, 3.8) is 0 Å². The molecule has 3 aromatic carbocycles.